The number of hydrogen-bond donors (Lipinski definition) is 3. The molecule has 1 heterocycles. The predicted octanol–water partition coefficient (Wildman–Crippen LogP) is 3.19. The zero-order chi connectivity index (χ0) is 18.7. The molecular formula is C18H14F3N3O2. The molecule has 134 valence electrons. The highest BCUT2D eigenvalue weighted by Gasteiger charge is 2.30. The van der Waals surface area contributed by atoms with Crippen molar-refractivity contribution in [3.63, 3.8) is 0 Å². The average molecular weight is 361 g/mol. The van der Waals surface area contributed by atoms with Crippen molar-refractivity contribution in [2.24, 2.45) is 0 Å². The van der Waals surface area contributed by atoms with Gasteiger partial charge in [0.05, 0.1) is 17.5 Å². The highest BCUT2D eigenvalue weighted by Crippen LogP contribution is 2.29. The van der Waals surface area contributed by atoms with Crippen LogP contribution in [0.1, 0.15) is 21.5 Å². The molecule has 0 spiro atoms. The molecular weight excluding hydrogens is 347 g/mol. The van der Waals surface area contributed by atoms with Crippen molar-refractivity contribution in [1.82, 2.24) is 15.8 Å². The zero-order valence-corrected chi connectivity index (χ0v) is 13.4. The first-order chi connectivity index (χ1) is 12.3. The zero-order valence-electron chi connectivity index (χ0n) is 13.4. The van der Waals surface area contributed by atoms with Crippen molar-refractivity contribution in [3.05, 3.63) is 71.4 Å². The number of hydrazine groups is 1. The molecule has 1 aromatic heterocycles. The van der Waals surface area contributed by atoms with Gasteiger partial charge >= 0.3 is 6.18 Å². The van der Waals surface area contributed by atoms with Crippen LogP contribution in [0.5, 0.6) is 0 Å². The minimum atomic E-state index is -4.48. The molecule has 0 radical (unpaired) electrons. The van der Waals surface area contributed by atoms with Crippen molar-refractivity contribution >= 4 is 22.7 Å². The molecule has 2 aromatic carbocycles. The van der Waals surface area contributed by atoms with Gasteiger partial charge in [-0.25, -0.2) is 0 Å². The Morgan fingerprint density at radius 3 is 2.54 bits per heavy atom. The van der Waals surface area contributed by atoms with Crippen LogP contribution in [0, 0.1) is 0 Å². The topological polar surface area (TPSA) is 74.0 Å². The van der Waals surface area contributed by atoms with Gasteiger partial charge in [0.2, 0.25) is 5.91 Å². The van der Waals surface area contributed by atoms with Crippen LogP contribution < -0.4 is 10.9 Å². The van der Waals surface area contributed by atoms with Crippen LogP contribution in [0.2, 0.25) is 0 Å². The Morgan fingerprint density at radius 2 is 1.77 bits per heavy atom. The molecule has 2 amide bonds. The van der Waals surface area contributed by atoms with E-state index in [-0.39, 0.29) is 12.0 Å². The number of fused-ring (bicyclic) bond motifs is 1. The first kappa shape index (κ1) is 17.5. The Kier molecular flexibility index (Phi) is 4.66. The van der Waals surface area contributed by atoms with Gasteiger partial charge in [-0.15, -0.1) is 0 Å². The van der Waals surface area contributed by atoms with E-state index in [0.29, 0.717) is 10.9 Å². The summed E-state index contributed by atoms with van der Waals surface area (Å²) in [5.74, 6) is -1.16. The van der Waals surface area contributed by atoms with Crippen molar-refractivity contribution in [2.75, 3.05) is 0 Å². The number of nitrogens with one attached hydrogen (secondary N) is 3. The summed E-state index contributed by atoms with van der Waals surface area (Å²) in [5.41, 5.74) is 4.95. The predicted molar refractivity (Wildman–Crippen MR) is 89.1 cm³/mol. The van der Waals surface area contributed by atoms with Crippen LogP contribution in [0.3, 0.4) is 0 Å². The largest absolute Gasteiger partial charge is 0.416 e. The average Bonchev–Trinajstić information content (AvgIpc) is 3.03. The number of carbonyl (C=O) groups is 2. The van der Waals surface area contributed by atoms with E-state index in [2.05, 4.69) is 15.8 Å². The number of para-hydroxylation sites is 1. The van der Waals surface area contributed by atoms with E-state index in [4.69, 9.17) is 0 Å². The summed E-state index contributed by atoms with van der Waals surface area (Å²) in [6.45, 7) is 0. The maximum absolute atomic E-state index is 12.7. The van der Waals surface area contributed by atoms with Gasteiger partial charge in [0.15, 0.2) is 0 Å². The first-order valence-electron chi connectivity index (χ1n) is 7.66. The summed E-state index contributed by atoms with van der Waals surface area (Å²) in [7, 11) is 0. The molecule has 0 aliphatic carbocycles. The number of aromatic amines is 1. The molecule has 0 saturated heterocycles. The molecule has 0 atom stereocenters. The first-order valence-corrected chi connectivity index (χ1v) is 7.66. The standard InChI is InChI=1S/C18H14F3N3O2/c19-18(20,21)12-5-3-4-11(8-12)9-16(25)23-24-17(26)14-10-22-15-7-2-1-6-13(14)15/h1-8,10,22H,9H2,(H,23,25)(H,24,26). The van der Waals surface area contributed by atoms with E-state index in [1.165, 1.54) is 18.3 Å². The number of amides is 2. The van der Waals surface area contributed by atoms with Gasteiger partial charge in [0.25, 0.3) is 5.91 Å². The summed E-state index contributed by atoms with van der Waals surface area (Å²) >= 11 is 0. The van der Waals surface area contributed by atoms with Gasteiger partial charge < -0.3 is 4.98 Å². The van der Waals surface area contributed by atoms with Crippen molar-refractivity contribution < 1.29 is 22.8 Å². The number of hydrogen-bond acceptors (Lipinski definition) is 2. The molecule has 26 heavy (non-hydrogen) atoms. The SMILES string of the molecule is O=C(Cc1cccc(C(F)(F)F)c1)NNC(=O)c1c[nH]c2ccccc12. The Morgan fingerprint density at radius 1 is 1.00 bits per heavy atom. The van der Waals surface area contributed by atoms with Crippen LogP contribution in [0.4, 0.5) is 13.2 Å². The van der Waals surface area contributed by atoms with Crippen LogP contribution in [-0.2, 0) is 17.4 Å². The molecule has 0 saturated carbocycles. The monoisotopic (exact) mass is 361 g/mol. The summed E-state index contributed by atoms with van der Waals surface area (Å²) in [4.78, 5) is 27.0. The number of H-pyrrole nitrogens is 1. The number of carbonyl (C=O) groups excluding carboxylic acids is 2. The van der Waals surface area contributed by atoms with Gasteiger partial charge in [0, 0.05) is 17.1 Å². The third kappa shape index (κ3) is 3.85. The van der Waals surface area contributed by atoms with Gasteiger partial charge in [-0.3, -0.25) is 20.4 Å². The quantitative estimate of drug-likeness (QED) is 0.627. The third-order valence-corrected chi connectivity index (χ3v) is 3.77. The lowest BCUT2D eigenvalue weighted by Crippen LogP contribution is -2.42. The summed E-state index contributed by atoms with van der Waals surface area (Å²) in [6, 6.07) is 11.6. The second kappa shape index (κ2) is 6.91. The molecule has 3 aromatic rings. The van der Waals surface area contributed by atoms with E-state index in [9.17, 15) is 22.8 Å². The second-order valence-electron chi connectivity index (χ2n) is 5.63. The minimum Gasteiger partial charge on any atom is -0.360 e. The molecule has 3 N–H and O–H groups in total. The lowest BCUT2D eigenvalue weighted by molar-refractivity contribution is -0.137. The van der Waals surface area contributed by atoms with E-state index < -0.39 is 23.6 Å². The summed E-state index contributed by atoms with van der Waals surface area (Å²) in [5, 5.41) is 0.692. The lowest BCUT2D eigenvalue weighted by atomic mass is 10.1. The fourth-order valence-electron chi connectivity index (χ4n) is 2.54. The van der Waals surface area contributed by atoms with Crippen molar-refractivity contribution in [1.29, 1.82) is 0 Å². The van der Waals surface area contributed by atoms with E-state index in [1.807, 2.05) is 6.07 Å². The van der Waals surface area contributed by atoms with E-state index >= 15 is 0 Å². The third-order valence-electron chi connectivity index (χ3n) is 3.77. The molecule has 0 bridgehead atoms. The highest BCUT2D eigenvalue weighted by atomic mass is 19.4. The number of alkyl halides is 3. The number of halogens is 3. The second-order valence-corrected chi connectivity index (χ2v) is 5.63. The van der Waals surface area contributed by atoms with Crippen LogP contribution >= 0.6 is 0 Å². The van der Waals surface area contributed by atoms with Gasteiger partial charge in [-0.05, 0) is 17.7 Å². The maximum Gasteiger partial charge on any atom is 0.416 e. The Balaban J connectivity index is 1.61. The summed E-state index contributed by atoms with van der Waals surface area (Å²) in [6.07, 6.45) is -3.26. The van der Waals surface area contributed by atoms with Gasteiger partial charge in [-0.1, -0.05) is 36.4 Å². The molecule has 0 aliphatic heterocycles. The fraction of sp³-hybridized carbons (Fsp3) is 0.111. The molecule has 5 nitrogen and oxygen atoms in total. The number of aromatic nitrogens is 1. The fourth-order valence-corrected chi connectivity index (χ4v) is 2.54. The van der Waals surface area contributed by atoms with Crippen LogP contribution in [0.15, 0.2) is 54.7 Å². The molecule has 0 fully saturated rings. The number of benzene rings is 2. The van der Waals surface area contributed by atoms with Crippen molar-refractivity contribution in [3.8, 4) is 0 Å². The Bertz CT molecular complexity index is 963. The van der Waals surface area contributed by atoms with Crippen molar-refractivity contribution in [2.45, 2.75) is 12.6 Å². The lowest BCUT2D eigenvalue weighted by Gasteiger charge is -2.09. The van der Waals surface area contributed by atoms with Crippen LogP contribution in [0.25, 0.3) is 10.9 Å². The maximum atomic E-state index is 12.7. The van der Waals surface area contributed by atoms with E-state index in [1.54, 1.807) is 18.2 Å². The van der Waals surface area contributed by atoms with Crippen LogP contribution in [-0.4, -0.2) is 16.8 Å². The molecule has 3 rings (SSSR count). The molecule has 8 heteroatoms. The summed E-state index contributed by atoms with van der Waals surface area (Å²) < 4.78 is 38.1. The molecule has 0 unspecified atom stereocenters. The van der Waals surface area contributed by atoms with Gasteiger partial charge in [0.1, 0.15) is 0 Å². The molecule has 0 aliphatic rings. The normalized spacial score (nSPS) is 11.3. The van der Waals surface area contributed by atoms with Gasteiger partial charge in [-0.2, -0.15) is 13.2 Å². The Hall–Kier alpha value is -3.29. The van der Waals surface area contributed by atoms with E-state index in [0.717, 1.165) is 17.6 Å². The smallest absolute Gasteiger partial charge is 0.360 e. The minimum absolute atomic E-state index is 0.193. The number of rotatable bonds is 3. The highest BCUT2D eigenvalue weighted by molar-refractivity contribution is 6.07. The Labute approximate surface area is 146 Å².